The number of hydrogen-bond acceptors (Lipinski definition) is 3. The summed E-state index contributed by atoms with van der Waals surface area (Å²) in [5.74, 6) is 1.58. The first-order chi connectivity index (χ1) is 14.0. The summed E-state index contributed by atoms with van der Waals surface area (Å²) in [6.45, 7) is 5.20. The lowest BCUT2D eigenvalue weighted by Gasteiger charge is -2.34. The molecule has 156 valence electrons. The van der Waals surface area contributed by atoms with Gasteiger partial charge in [0.25, 0.3) is 0 Å². The lowest BCUT2D eigenvalue weighted by molar-refractivity contribution is 0.259. The Kier molecular flexibility index (Phi) is 7.28. The number of likely N-dealkylation sites (tertiary alicyclic amines) is 1. The molecule has 0 unspecified atom stereocenters. The molecule has 0 amide bonds. The van der Waals surface area contributed by atoms with E-state index in [1.165, 1.54) is 11.6 Å². The molecule has 3 rings (SSSR count). The van der Waals surface area contributed by atoms with Gasteiger partial charge in [0.2, 0.25) is 10.0 Å². The van der Waals surface area contributed by atoms with Crippen LogP contribution in [0.2, 0.25) is 0 Å². The van der Waals surface area contributed by atoms with Gasteiger partial charge in [-0.1, -0.05) is 42.5 Å². The molecule has 1 aliphatic rings. The fourth-order valence-corrected chi connectivity index (χ4v) is 4.29. The van der Waals surface area contributed by atoms with E-state index >= 15 is 0 Å². The first-order valence-corrected chi connectivity index (χ1v) is 11.7. The molecule has 0 aromatic heterocycles. The van der Waals surface area contributed by atoms with Gasteiger partial charge >= 0.3 is 0 Å². The minimum Gasteiger partial charge on any atom is -0.357 e. The summed E-state index contributed by atoms with van der Waals surface area (Å²) >= 11 is 0. The van der Waals surface area contributed by atoms with Crippen LogP contribution in [0.4, 0.5) is 0 Å². The highest BCUT2D eigenvalue weighted by molar-refractivity contribution is 7.89. The highest BCUT2D eigenvalue weighted by Gasteiger charge is 2.21. The summed E-state index contributed by atoms with van der Waals surface area (Å²) in [7, 11) is -3.70. The number of hydrogen-bond donors (Lipinski definition) is 2. The second-order valence-electron chi connectivity index (χ2n) is 7.48. The van der Waals surface area contributed by atoms with E-state index < -0.39 is 10.0 Å². The maximum Gasteiger partial charge on any atom is 0.238 e. The third-order valence-corrected chi connectivity index (χ3v) is 6.17. The Labute approximate surface area is 173 Å². The van der Waals surface area contributed by atoms with Gasteiger partial charge in [-0.15, -0.1) is 0 Å². The van der Waals surface area contributed by atoms with Gasteiger partial charge in [0.1, 0.15) is 0 Å². The molecule has 1 aliphatic heterocycles. The Hall–Kier alpha value is -2.38. The van der Waals surface area contributed by atoms with Gasteiger partial charge in [0, 0.05) is 19.6 Å². The Balaban J connectivity index is 1.61. The second-order valence-corrected chi connectivity index (χ2v) is 9.04. The number of nitrogens with zero attached hydrogens (tertiary/aromatic N) is 2. The molecule has 0 spiro atoms. The SMILES string of the molecule is CCNC(=NCc1cccc(S(N)(=O)=O)c1)N1CCC(Cc2ccccc2)CC1. The number of sulfonamides is 1. The smallest absolute Gasteiger partial charge is 0.238 e. The largest absolute Gasteiger partial charge is 0.357 e. The minimum absolute atomic E-state index is 0.122. The lowest BCUT2D eigenvalue weighted by atomic mass is 9.90. The van der Waals surface area contributed by atoms with Crippen molar-refractivity contribution in [2.75, 3.05) is 19.6 Å². The summed E-state index contributed by atoms with van der Waals surface area (Å²) in [6.07, 6.45) is 3.41. The quantitative estimate of drug-likeness (QED) is 0.562. The summed E-state index contributed by atoms with van der Waals surface area (Å²) < 4.78 is 23.1. The van der Waals surface area contributed by atoms with Crippen molar-refractivity contribution in [3.05, 3.63) is 65.7 Å². The molecule has 1 fully saturated rings. The molecule has 0 atom stereocenters. The number of primary sulfonamides is 1. The van der Waals surface area contributed by atoms with Gasteiger partial charge in [0.15, 0.2) is 5.96 Å². The normalized spacial score (nSPS) is 16.1. The number of nitrogens with one attached hydrogen (secondary N) is 1. The van der Waals surface area contributed by atoms with E-state index in [2.05, 4.69) is 47.5 Å². The fraction of sp³-hybridized carbons (Fsp3) is 0.409. The van der Waals surface area contributed by atoms with Crippen LogP contribution < -0.4 is 10.5 Å². The topological polar surface area (TPSA) is 87.8 Å². The van der Waals surface area contributed by atoms with Crippen LogP contribution in [0, 0.1) is 5.92 Å². The van der Waals surface area contributed by atoms with Crippen LogP contribution in [0.1, 0.15) is 30.9 Å². The monoisotopic (exact) mass is 414 g/mol. The number of guanidine groups is 1. The molecule has 0 radical (unpaired) electrons. The van der Waals surface area contributed by atoms with Crippen molar-refractivity contribution in [1.82, 2.24) is 10.2 Å². The van der Waals surface area contributed by atoms with Crippen molar-refractivity contribution in [3.8, 4) is 0 Å². The van der Waals surface area contributed by atoms with Gasteiger partial charge in [-0.2, -0.15) is 0 Å². The maximum atomic E-state index is 11.6. The highest BCUT2D eigenvalue weighted by Crippen LogP contribution is 2.22. The number of aliphatic imine (C=N–C) groups is 1. The Morgan fingerprint density at radius 1 is 1.10 bits per heavy atom. The molecule has 1 heterocycles. The third kappa shape index (κ3) is 6.30. The molecule has 7 heteroatoms. The predicted molar refractivity (Wildman–Crippen MR) is 117 cm³/mol. The number of benzene rings is 2. The molecule has 1 saturated heterocycles. The second kappa shape index (κ2) is 9.89. The van der Waals surface area contributed by atoms with Crippen molar-refractivity contribution in [2.24, 2.45) is 16.0 Å². The molecule has 0 saturated carbocycles. The molecule has 0 bridgehead atoms. The van der Waals surface area contributed by atoms with Gasteiger partial charge in [-0.05, 0) is 55.4 Å². The van der Waals surface area contributed by atoms with E-state index in [-0.39, 0.29) is 4.90 Å². The van der Waals surface area contributed by atoms with Crippen LogP contribution >= 0.6 is 0 Å². The fourth-order valence-electron chi connectivity index (χ4n) is 3.71. The molecule has 2 aromatic carbocycles. The van der Waals surface area contributed by atoms with Crippen molar-refractivity contribution < 1.29 is 8.42 Å². The van der Waals surface area contributed by atoms with E-state index in [9.17, 15) is 8.42 Å². The van der Waals surface area contributed by atoms with Gasteiger partial charge < -0.3 is 10.2 Å². The molecule has 3 N–H and O–H groups in total. The Morgan fingerprint density at radius 2 is 1.79 bits per heavy atom. The first kappa shape index (κ1) is 21.3. The maximum absolute atomic E-state index is 11.6. The Morgan fingerprint density at radius 3 is 2.45 bits per heavy atom. The van der Waals surface area contributed by atoms with Crippen LogP contribution in [0.3, 0.4) is 0 Å². The third-order valence-electron chi connectivity index (χ3n) is 5.25. The van der Waals surface area contributed by atoms with Gasteiger partial charge in [-0.3, -0.25) is 0 Å². The zero-order valence-electron chi connectivity index (χ0n) is 16.9. The zero-order chi connectivity index (χ0) is 20.7. The van der Waals surface area contributed by atoms with E-state index in [4.69, 9.17) is 10.1 Å². The van der Waals surface area contributed by atoms with E-state index in [0.29, 0.717) is 12.5 Å². The highest BCUT2D eigenvalue weighted by atomic mass is 32.2. The average Bonchev–Trinajstić information content (AvgIpc) is 2.72. The van der Waals surface area contributed by atoms with Crippen LogP contribution in [0.15, 0.2) is 64.5 Å². The van der Waals surface area contributed by atoms with E-state index in [1.54, 1.807) is 12.1 Å². The summed E-state index contributed by atoms with van der Waals surface area (Å²) in [5.41, 5.74) is 2.23. The predicted octanol–water partition coefficient (Wildman–Crippen LogP) is 2.75. The van der Waals surface area contributed by atoms with Crippen LogP contribution in [0.25, 0.3) is 0 Å². The average molecular weight is 415 g/mol. The molecule has 0 aliphatic carbocycles. The minimum atomic E-state index is -3.70. The van der Waals surface area contributed by atoms with Crippen LogP contribution in [0.5, 0.6) is 0 Å². The van der Waals surface area contributed by atoms with E-state index in [1.807, 2.05) is 6.07 Å². The first-order valence-electron chi connectivity index (χ1n) is 10.1. The summed E-state index contributed by atoms with van der Waals surface area (Å²) in [6, 6.07) is 17.3. The molecular weight excluding hydrogens is 384 g/mol. The van der Waals surface area contributed by atoms with Crippen molar-refractivity contribution in [1.29, 1.82) is 0 Å². The van der Waals surface area contributed by atoms with Gasteiger partial charge in [0.05, 0.1) is 11.4 Å². The molecule has 29 heavy (non-hydrogen) atoms. The van der Waals surface area contributed by atoms with Crippen LogP contribution in [-0.2, 0) is 23.0 Å². The molecular formula is C22H30N4O2S. The van der Waals surface area contributed by atoms with Crippen molar-refractivity contribution in [3.63, 3.8) is 0 Å². The number of rotatable bonds is 6. The zero-order valence-corrected chi connectivity index (χ0v) is 17.7. The standard InChI is InChI=1S/C22H30N4O2S/c1-2-24-22(25-17-20-9-6-10-21(16-20)29(23,27)28)26-13-11-19(12-14-26)15-18-7-4-3-5-8-18/h3-10,16,19H,2,11-15,17H2,1H3,(H,24,25)(H2,23,27,28). The summed E-state index contributed by atoms with van der Waals surface area (Å²) in [4.78, 5) is 7.16. The summed E-state index contributed by atoms with van der Waals surface area (Å²) in [5, 5.41) is 8.60. The number of piperidine rings is 1. The number of nitrogens with two attached hydrogens (primary N) is 1. The van der Waals surface area contributed by atoms with Crippen molar-refractivity contribution >= 4 is 16.0 Å². The van der Waals surface area contributed by atoms with Crippen LogP contribution in [-0.4, -0.2) is 38.9 Å². The molecule has 6 nitrogen and oxygen atoms in total. The van der Waals surface area contributed by atoms with Gasteiger partial charge in [-0.25, -0.2) is 18.5 Å². The molecule has 2 aromatic rings. The Bertz CT molecular complexity index is 921. The lowest BCUT2D eigenvalue weighted by Crippen LogP contribution is -2.45. The van der Waals surface area contributed by atoms with Crippen molar-refractivity contribution in [2.45, 2.75) is 37.6 Å². The van der Waals surface area contributed by atoms with E-state index in [0.717, 1.165) is 50.4 Å².